The van der Waals surface area contributed by atoms with Gasteiger partial charge in [0.2, 0.25) is 17.6 Å². The highest BCUT2D eigenvalue weighted by Gasteiger charge is 2.26. The van der Waals surface area contributed by atoms with Crippen LogP contribution in [0.1, 0.15) is 50.5 Å². The van der Waals surface area contributed by atoms with Crippen molar-refractivity contribution in [3.63, 3.8) is 0 Å². The molecule has 1 aliphatic rings. The zero-order valence-electron chi connectivity index (χ0n) is 16.4. The van der Waals surface area contributed by atoms with Crippen molar-refractivity contribution in [2.75, 3.05) is 19.6 Å². The van der Waals surface area contributed by atoms with Crippen molar-refractivity contribution in [3.8, 4) is 11.4 Å². The Labute approximate surface area is 161 Å². The van der Waals surface area contributed by atoms with Gasteiger partial charge < -0.3 is 9.84 Å². The maximum absolute atomic E-state index is 12.4. The van der Waals surface area contributed by atoms with Gasteiger partial charge in [0, 0.05) is 18.7 Å². The molecule has 6 heteroatoms. The number of amides is 1. The van der Waals surface area contributed by atoms with Crippen molar-refractivity contribution in [2.45, 2.75) is 52.5 Å². The summed E-state index contributed by atoms with van der Waals surface area (Å²) >= 11 is 0. The van der Waals surface area contributed by atoms with Gasteiger partial charge in [-0.3, -0.25) is 9.69 Å². The van der Waals surface area contributed by atoms with E-state index in [0.29, 0.717) is 18.3 Å². The SMILES string of the molecule is CCCCCNC(=O)C1CCCN(Cc2nc(-c3cccc(C)c3)no2)C1. The second kappa shape index (κ2) is 9.65. The molecule has 0 spiro atoms. The average molecular weight is 370 g/mol. The Bertz CT molecular complexity index is 743. The fourth-order valence-electron chi connectivity index (χ4n) is 3.56. The van der Waals surface area contributed by atoms with Crippen LogP contribution in [-0.4, -0.2) is 40.6 Å². The second-order valence-corrected chi connectivity index (χ2v) is 7.45. The molecule has 0 aliphatic carbocycles. The number of rotatable bonds is 8. The number of aromatic nitrogens is 2. The van der Waals surface area contributed by atoms with Crippen molar-refractivity contribution in [3.05, 3.63) is 35.7 Å². The first-order valence-electron chi connectivity index (χ1n) is 10.1. The van der Waals surface area contributed by atoms with Crippen molar-refractivity contribution in [2.24, 2.45) is 5.92 Å². The van der Waals surface area contributed by atoms with E-state index in [-0.39, 0.29) is 11.8 Å². The summed E-state index contributed by atoms with van der Waals surface area (Å²) in [6, 6.07) is 8.08. The van der Waals surface area contributed by atoms with E-state index in [2.05, 4.69) is 33.3 Å². The van der Waals surface area contributed by atoms with Crippen LogP contribution in [0.2, 0.25) is 0 Å². The fraction of sp³-hybridized carbons (Fsp3) is 0.571. The van der Waals surface area contributed by atoms with Crippen LogP contribution in [-0.2, 0) is 11.3 Å². The van der Waals surface area contributed by atoms with Gasteiger partial charge in [-0.1, -0.05) is 48.7 Å². The van der Waals surface area contributed by atoms with E-state index in [0.717, 1.165) is 50.9 Å². The number of benzene rings is 1. The Morgan fingerprint density at radius 2 is 2.26 bits per heavy atom. The lowest BCUT2D eigenvalue weighted by molar-refractivity contribution is -0.126. The molecular weight excluding hydrogens is 340 g/mol. The molecule has 1 N–H and O–H groups in total. The number of hydrogen-bond donors (Lipinski definition) is 1. The van der Waals surface area contributed by atoms with Crippen molar-refractivity contribution < 1.29 is 9.32 Å². The van der Waals surface area contributed by atoms with Gasteiger partial charge in [-0.2, -0.15) is 4.98 Å². The molecule has 27 heavy (non-hydrogen) atoms. The zero-order valence-corrected chi connectivity index (χ0v) is 16.4. The van der Waals surface area contributed by atoms with Crippen LogP contribution in [0.25, 0.3) is 11.4 Å². The number of piperidine rings is 1. The monoisotopic (exact) mass is 370 g/mol. The molecule has 3 rings (SSSR count). The molecule has 1 atom stereocenters. The summed E-state index contributed by atoms with van der Waals surface area (Å²) in [6.07, 6.45) is 5.36. The van der Waals surface area contributed by atoms with Crippen LogP contribution in [0.3, 0.4) is 0 Å². The summed E-state index contributed by atoms with van der Waals surface area (Å²) in [5.41, 5.74) is 2.13. The van der Waals surface area contributed by atoms with Crippen LogP contribution in [0.5, 0.6) is 0 Å². The summed E-state index contributed by atoms with van der Waals surface area (Å²) in [5.74, 6) is 1.47. The molecular formula is C21H30N4O2. The number of likely N-dealkylation sites (tertiary alicyclic amines) is 1. The van der Waals surface area contributed by atoms with Crippen LogP contribution < -0.4 is 5.32 Å². The highest BCUT2D eigenvalue weighted by molar-refractivity contribution is 5.78. The summed E-state index contributed by atoms with van der Waals surface area (Å²) < 4.78 is 5.45. The Balaban J connectivity index is 1.53. The lowest BCUT2D eigenvalue weighted by Gasteiger charge is -2.30. The first-order valence-corrected chi connectivity index (χ1v) is 10.1. The summed E-state index contributed by atoms with van der Waals surface area (Å²) in [5, 5.41) is 7.20. The van der Waals surface area contributed by atoms with E-state index in [1.807, 2.05) is 25.1 Å². The summed E-state index contributed by atoms with van der Waals surface area (Å²) in [6.45, 7) is 7.31. The predicted octanol–water partition coefficient (Wildman–Crippen LogP) is 3.56. The molecule has 6 nitrogen and oxygen atoms in total. The van der Waals surface area contributed by atoms with Gasteiger partial charge in [0.15, 0.2) is 0 Å². The van der Waals surface area contributed by atoms with E-state index in [1.165, 1.54) is 12.0 Å². The molecule has 0 saturated carbocycles. The van der Waals surface area contributed by atoms with E-state index >= 15 is 0 Å². The maximum Gasteiger partial charge on any atom is 0.241 e. The predicted molar refractivity (Wildman–Crippen MR) is 105 cm³/mol. The Kier molecular flexibility index (Phi) is 6.98. The topological polar surface area (TPSA) is 71.3 Å². The van der Waals surface area contributed by atoms with Crippen LogP contribution >= 0.6 is 0 Å². The number of unbranched alkanes of at least 4 members (excludes halogenated alkanes) is 2. The van der Waals surface area contributed by atoms with E-state index in [1.54, 1.807) is 0 Å². The minimum absolute atomic E-state index is 0.0551. The number of carbonyl (C=O) groups excluding carboxylic acids is 1. The number of nitrogens with one attached hydrogen (secondary N) is 1. The fourth-order valence-corrected chi connectivity index (χ4v) is 3.56. The smallest absolute Gasteiger partial charge is 0.241 e. The largest absolute Gasteiger partial charge is 0.356 e. The molecule has 1 aromatic heterocycles. The lowest BCUT2D eigenvalue weighted by Crippen LogP contribution is -2.42. The highest BCUT2D eigenvalue weighted by atomic mass is 16.5. The summed E-state index contributed by atoms with van der Waals surface area (Å²) in [4.78, 5) is 19.2. The third-order valence-electron chi connectivity index (χ3n) is 5.06. The third kappa shape index (κ3) is 5.63. The first-order chi connectivity index (χ1) is 13.2. The van der Waals surface area contributed by atoms with Crippen molar-refractivity contribution in [1.82, 2.24) is 20.4 Å². The third-order valence-corrected chi connectivity index (χ3v) is 5.06. The van der Waals surface area contributed by atoms with Gasteiger partial charge >= 0.3 is 0 Å². The first kappa shape index (κ1) is 19.5. The normalized spacial score (nSPS) is 17.8. The van der Waals surface area contributed by atoms with Crippen molar-refractivity contribution >= 4 is 5.91 Å². The standard InChI is InChI=1S/C21H30N4O2/c1-3-4-5-11-22-21(26)18-10-7-12-25(14-18)15-19-23-20(24-27-19)17-9-6-8-16(2)13-17/h6,8-9,13,18H,3-5,7,10-12,14-15H2,1-2H3,(H,22,26). The number of carbonyl (C=O) groups is 1. The molecule has 146 valence electrons. The quantitative estimate of drug-likeness (QED) is 0.720. The average Bonchev–Trinajstić information content (AvgIpc) is 3.14. The van der Waals surface area contributed by atoms with Gasteiger partial charge in [0.05, 0.1) is 12.5 Å². The lowest BCUT2D eigenvalue weighted by atomic mass is 9.97. The molecule has 1 fully saturated rings. The highest BCUT2D eigenvalue weighted by Crippen LogP contribution is 2.21. The van der Waals surface area contributed by atoms with E-state index in [4.69, 9.17) is 4.52 Å². The van der Waals surface area contributed by atoms with E-state index < -0.39 is 0 Å². The molecule has 2 aromatic rings. The number of nitrogens with zero attached hydrogens (tertiary/aromatic N) is 3. The van der Waals surface area contributed by atoms with Gasteiger partial charge in [-0.15, -0.1) is 0 Å². The minimum atomic E-state index is 0.0551. The Morgan fingerprint density at radius 3 is 3.07 bits per heavy atom. The molecule has 2 heterocycles. The Hall–Kier alpha value is -2.21. The molecule has 1 aliphatic heterocycles. The van der Waals surface area contributed by atoms with Crippen LogP contribution in [0.4, 0.5) is 0 Å². The van der Waals surface area contributed by atoms with Gasteiger partial charge in [0.25, 0.3) is 0 Å². The van der Waals surface area contributed by atoms with Crippen molar-refractivity contribution in [1.29, 1.82) is 0 Å². The van der Waals surface area contributed by atoms with Gasteiger partial charge in [-0.05, 0) is 38.8 Å². The second-order valence-electron chi connectivity index (χ2n) is 7.45. The number of hydrogen-bond acceptors (Lipinski definition) is 5. The Morgan fingerprint density at radius 1 is 1.37 bits per heavy atom. The molecule has 1 saturated heterocycles. The summed E-state index contributed by atoms with van der Waals surface area (Å²) in [7, 11) is 0. The molecule has 0 radical (unpaired) electrons. The van der Waals surface area contributed by atoms with Gasteiger partial charge in [-0.25, -0.2) is 0 Å². The maximum atomic E-state index is 12.4. The molecule has 1 unspecified atom stereocenters. The molecule has 0 bridgehead atoms. The molecule has 1 aromatic carbocycles. The number of aryl methyl sites for hydroxylation is 1. The van der Waals surface area contributed by atoms with Gasteiger partial charge in [0.1, 0.15) is 0 Å². The van der Waals surface area contributed by atoms with Crippen LogP contribution in [0.15, 0.2) is 28.8 Å². The molecule has 1 amide bonds. The minimum Gasteiger partial charge on any atom is -0.356 e. The van der Waals surface area contributed by atoms with E-state index in [9.17, 15) is 4.79 Å². The van der Waals surface area contributed by atoms with Crippen LogP contribution in [0, 0.1) is 12.8 Å². The zero-order chi connectivity index (χ0) is 19.1.